The summed E-state index contributed by atoms with van der Waals surface area (Å²) < 4.78 is 0. The van der Waals surface area contributed by atoms with Gasteiger partial charge in [0.2, 0.25) is 0 Å². The van der Waals surface area contributed by atoms with Crippen LogP contribution < -0.4 is 5.32 Å². The first-order valence-electron chi connectivity index (χ1n) is 7.69. The first-order chi connectivity index (χ1) is 11.6. The van der Waals surface area contributed by atoms with Crippen molar-refractivity contribution in [3.05, 3.63) is 75.3 Å². The SMILES string of the molecule is Cc1nccc(CNC(=O)c2sc(Cc3ccccc3)nc2C)n1. The molecule has 2 heterocycles. The fourth-order valence-electron chi connectivity index (χ4n) is 2.36. The zero-order chi connectivity index (χ0) is 16.9. The van der Waals surface area contributed by atoms with Gasteiger partial charge < -0.3 is 5.32 Å². The molecule has 122 valence electrons. The highest BCUT2D eigenvalue weighted by Gasteiger charge is 2.15. The van der Waals surface area contributed by atoms with Crippen molar-refractivity contribution >= 4 is 17.2 Å². The second kappa shape index (κ2) is 7.31. The lowest BCUT2D eigenvalue weighted by Gasteiger charge is -2.04. The van der Waals surface area contributed by atoms with Crippen molar-refractivity contribution in [2.45, 2.75) is 26.8 Å². The Morgan fingerprint density at radius 1 is 1.12 bits per heavy atom. The molecule has 6 heteroatoms. The monoisotopic (exact) mass is 338 g/mol. The van der Waals surface area contributed by atoms with Gasteiger partial charge in [0, 0.05) is 12.6 Å². The van der Waals surface area contributed by atoms with E-state index in [0.29, 0.717) is 17.2 Å². The van der Waals surface area contributed by atoms with Crippen LogP contribution in [-0.2, 0) is 13.0 Å². The number of carbonyl (C=O) groups excluding carboxylic acids is 1. The van der Waals surface area contributed by atoms with Crippen LogP contribution in [0.1, 0.15) is 37.5 Å². The highest BCUT2D eigenvalue weighted by molar-refractivity contribution is 7.13. The molecule has 3 rings (SSSR count). The van der Waals surface area contributed by atoms with Gasteiger partial charge in [-0.25, -0.2) is 15.0 Å². The van der Waals surface area contributed by atoms with Gasteiger partial charge in [-0.3, -0.25) is 4.79 Å². The molecule has 0 unspecified atom stereocenters. The van der Waals surface area contributed by atoms with E-state index >= 15 is 0 Å². The van der Waals surface area contributed by atoms with Crippen molar-refractivity contribution in [2.24, 2.45) is 0 Å². The molecule has 0 aliphatic rings. The predicted molar refractivity (Wildman–Crippen MR) is 94.0 cm³/mol. The molecular formula is C18H18N4OS. The Labute approximate surface area is 144 Å². The van der Waals surface area contributed by atoms with Crippen molar-refractivity contribution in [2.75, 3.05) is 0 Å². The number of aromatic nitrogens is 3. The molecule has 0 aliphatic heterocycles. The summed E-state index contributed by atoms with van der Waals surface area (Å²) in [7, 11) is 0. The van der Waals surface area contributed by atoms with Crippen molar-refractivity contribution < 1.29 is 4.79 Å². The third kappa shape index (κ3) is 4.02. The first-order valence-corrected chi connectivity index (χ1v) is 8.50. The maximum atomic E-state index is 12.4. The first kappa shape index (κ1) is 16.3. The quantitative estimate of drug-likeness (QED) is 0.776. The Morgan fingerprint density at radius 3 is 2.67 bits per heavy atom. The minimum atomic E-state index is -0.111. The van der Waals surface area contributed by atoms with Crippen molar-refractivity contribution in [3.63, 3.8) is 0 Å². The van der Waals surface area contributed by atoms with Crippen LogP contribution in [0.25, 0.3) is 0 Å². The summed E-state index contributed by atoms with van der Waals surface area (Å²) in [6, 6.07) is 11.9. The molecule has 1 aromatic carbocycles. The Kier molecular flexibility index (Phi) is 4.96. The second-order valence-electron chi connectivity index (χ2n) is 5.46. The van der Waals surface area contributed by atoms with E-state index in [0.717, 1.165) is 22.8 Å². The summed E-state index contributed by atoms with van der Waals surface area (Å²) in [6.45, 7) is 4.08. The van der Waals surface area contributed by atoms with Gasteiger partial charge >= 0.3 is 0 Å². The van der Waals surface area contributed by atoms with Gasteiger partial charge in [0.15, 0.2) is 0 Å². The maximum absolute atomic E-state index is 12.4. The molecule has 0 spiro atoms. The van der Waals surface area contributed by atoms with Crippen LogP contribution >= 0.6 is 11.3 Å². The molecule has 0 saturated carbocycles. The lowest BCUT2D eigenvalue weighted by atomic mass is 10.2. The van der Waals surface area contributed by atoms with Crippen LogP contribution in [0.5, 0.6) is 0 Å². The summed E-state index contributed by atoms with van der Waals surface area (Å²) in [5.41, 5.74) is 2.75. The molecule has 1 N–H and O–H groups in total. The van der Waals surface area contributed by atoms with Crippen LogP contribution in [0.2, 0.25) is 0 Å². The van der Waals surface area contributed by atoms with E-state index in [1.807, 2.05) is 32.0 Å². The molecule has 0 radical (unpaired) electrons. The Bertz CT molecular complexity index is 845. The number of amides is 1. The molecule has 2 aromatic heterocycles. The van der Waals surface area contributed by atoms with Crippen LogP contribution in [0.15, 0.2) is 42.6 Å². The summed E-state index contributed by atoms with van der Waals surface area (Å²) in [5.74, 6) is 0.585. The number of carbonyl (C=O) groups is 1. The molecule has 0 fully saturated rings. The minimum absolute atomic E-state index is 0.111. The summed E-state index contributed by atoms with van der Waals surface area (Å²) in [6.07, 6.45) is 2.43. The van der Waals surface area contributed by atoms with E-state index in [1.165, 1.54) is 16.9 Å². The zero-order valence-corrected chi connectivity index (χ0v) is 14.4. The second-order valence-corrected chi connectivity index (χ2v) is 6.55. The van der Waals surface area contributed by atoms with Crippen LogP contribution in [0.4, 0.5) is 0 Å². The molecule has 0 bridgehead atoms. The van der Waals surface area contributed by atoms with Gasteiger partial charge in [0.25, 0.3) is 5.91 Å². The normalized spacial score (nSPS) is 10.6. The van der Waals surface area contributed by atoms with Gasteiger partial charge in [-0.2, -0.15) is 0 Å². The Morgan fingerprint density at radius 2 is 1.92 bits per heavy atom. The van der Waals surface area contributed by atoms with E-state index in [9.17, 15) is 4.79 Å². The topological polar surface area (TPSA) is 67.8 Å². The summed E-state index contributed by atoms with van der Waals surface area (Å²) in [5, 5.41) is 3.85. The van der Waals surface area contributed by atoms with Crippen LogP contribution in [0.3, 0.4) is 0 Å². The van der Waals surface area contributed by atoms with E-state index < -0.39 is 0 Å². The zero-order valence-electron chi connectivity index (χ0n) is 13.6. The highest BCUT2D eigenvalue weighted by Crippen LogP contribution is 2.20. The van der Waals surface area contributed by atoms with E-state index in [-0.39, 0.29) is 5.91 Å². The van der Waals surface area contributed by atoms with Crippen molar-refractivity contribution in [1.29, 1.82) is 0 Å². The third-order valence-corrected chi connectivity index (χ3v) is 4.67. The average molecular weight is 338 g/mol. The third-order valence-electron chi connectivity index (χ3n) is 3.51. The van der Waals surface area contributed by atoms with Gasteiger partial charge in [-0.05, 0) is 25.5 Å². The van der Waals surface area contributed by atoms with Gasteiger partial charge in [0.05, 0.1) is 22.9 Å². The summed E-state index contributed by atoms with van der Waals surface area (Å²) in [4.78, 5) is 25.9. The van der Waals surface area contributed by atoms with Crippen LogP contribution in [-0.4, -0.2) is 20.9 Å². The lowest BCUT2D eigenvalue weighted by Crippen LogP contribution is -2.23. The fourth-order valence-corrected chi connectivity index (χ4v) is 3.38. The van der Waals surface area contributed by atoms with Crippen molar-refractivity contribution in [3.8, 4) is 0 Å². The Hall–Kier alpha value is -2.60. The molecule has 24 heavy (non-hydrogen) atoms. The molecular weight excluding hydrogens is 320 g/mol. The smallest absolute Gasteiger partial charge is 0.263 e. The molecule has 0 saturated heterocycles. The number of hydrogen-bond acceptors (Lipinski definition) is 5. The number of hydrogen-bond donors (Lipinski definition) is 1. The largest absolute Gasteiger partial charge is 0.346 e. The van der Waals surface area contributed by atoms with E-state index in [1.54, 1.807) is 12.3 Å². The van der Waals surface area contributed by atoms with Crippen molar-refractivity contribution in [1.82, 2.24) is 20.3 Å². The highest BCUT2D eigenvalue weighted by atomic mass is 32.1. The molecule has 1 amide bonds. The maximum Gasteiger partial charge on any atom is 0.263 e. The molecule has 3 aromatic rings. The molecule has 0 aliphatic carbocycles. The Balaban J connectivity index is 1.67. The average Bonchev–Trinajstić information content (AvgIpc) is 2.94. The van der Waals surface area contributed by atoms with Crippen LogP contribution in [0, 0.1) is 13.8 Å². The van der Waals surface area contributed by atoms with E-state index in [2.05, 4.69) is 32.4 Å². The lowest BCUT2D eigenvalue weighted by molar-refractivity contribution is 0.0953. The standard InChI is InChI=1S/C18H18N4OS/c1-12-17(18(23)20-11-15-8-9-19-13(2)22-15)24-16(21-12)10-14-6-4-3-5-7-14/h3-9H,10-11H2,1-2H3,(H,20,23). The number of aryl methyl sites for hydroxylation is 2. The van der Waals surface area contributed by atoms with Gasteiger partial charge in [0.1, 0.15) is 10.7 Å². The number of rotatable bonds is 5. The summed E-state index contributed by atoms with van der Waals surface area (Å²) >= 11 is 1.44. The minimum Gasteiger partial charge on any atom is -0.346 e. The van der Waals surface area contributed by atoms with E-state index in [4.69, 9.17) is 0 Å². The molecule has 5 nitrogen and oxygen atoms in total. The number of nitrogens with zero attached hydrogens (tertiary/aromatic N) is 3. The van der Waals surface area contributed by atoms with Gasteiger partial charge in [-0.1, -0.05) is 30.3 Å². The van der Waals surface area contributed by atoms with Gasteiger partial charge in [-0.15, -0.1) is 11.3 Å². The fraction of sp³-hybridized carbons (Fsp3) is 0.222. The predicted octanol–water partition coefficient (Wildman–Crippen LogP) is 3.07. The number of nitrogens with one attached hydrogen (secondary N) is 1. The number of benzene rings is 1. The molecule has 0 atom stereocenters. The number of thiazole rings is 1.